The molecule has 0 aromatic heterocycles. The summed E-state index contributed by atoms with van der Waals surface area (Å²) in [5.41, 5.74) is 6.48. The molecule has 0 amide bonds. The predicted octanol–water partition coefficient (Wildman–Crippen LogP) is 7.45. The van der Waals surface area contributed by atoms with Gasteiger partial charge in [0.15, 0.2) is 0 Å². The lowest BCUT2D eigenvalue weighted by Crippen LogP contribution is -2.33. The van der Waals surface area contributed by atoms with Gasteiger partial charge in [0.05, 0.1) is 13.5 Å². The van der Waals surface area contributed by atoms with Gasteiger partial charge < -0.3 is 9.84 Å². The molecule has 0 fully saturated rings. The van der Waals surface area contributed by atoms with E-state index in [2.05, 4.69) is 67.3 Å². The van der Waals surface area contributed by atoms with E-state index >= 15 is 0 Å². The van der Waals surface area contributed by atoms with Crippen molar-refractivity contribution < 1.29 is 14.6 Å². The minimum Gasteiger partial charge on any atom is -0.497 e. The van der Waals surface area contributed by atoms with Crippen molar-refractivity contribution in [3.05, 3.63) is 125 Å². The molecule has 4 heteroatoms. The summed E-state index contributed by atoms with van der Waals surface area (Å²) in [6.07, 6.45) is 0.00497. The Balaban J connectivity index is 1.81. The van der Waals surface area contributed by atoms with Gasteiger partial charge in [-0.1, -0.05) is 90.5 Å². The van der Waals surface area contributed by atoms with Gasteiger partial charge in [0, 0.05) is 18.6 Å². The zero-order valence-electron chi connectivity index (χ0n) is 21.1. The third kappa shape index (κ3) is 6.21. The summed E-state index contributed by atoms with van der Waals surface area (Å²) in [6.45, 7) is 4.86. The van der Waals surface area contributed by atoms with E-state index in [0.717, 1.165) is 39.1 Å². The second kappa shape index (κ2) is 11.7. The molecule has 1 unspecified atom stereocenters. The van der Waals surface area contributed by atoms with Crippen LogP contribution in [0, 0.1) is 6.92 Å². The number of hydrogen-bond acceptors (Lipinski definition) is 3. The molecule has 0 saturated heterocycles. The number of benzene rings is 4. The lowest BCUT2D eigenvalue weighted by atomic mass is 9.92. The van der Waals surface area contributed by atoms with Gasteiger partial charge in [-0.05, 0) is 59.9 Å². The summed E-state index contributed by atoms with van der Waals surface area (Å²) in [7, 11) is 1.66. The van der Waals surface area contributed by atoms with Crippen molar-refractivity contribution in [2.75, 3.05) is 7.11 Å². The number of carboxylic acid groups (broad SMARTS) is 1. The average molecular weight is 480 g/mol. The Morgan fingerprint density at radius 1 is 0.833 bits per heavy atom. The number of carboxylic acids is 1. The van der Waals surface area contributed by atoms with Crippen LogP contribution >= 0.6 is 0 Å². The van der Waals surface area contributed by atoms with Crippen LogP contribution in [-0.2, 0) is 11.3 Å². The van der Waals surface area contributed by atoms with E-state index in [1.54, 1.807) is 7.11 Å². The second-order valence-electron chi connectivity index (χ2n) is 9.22. The van der Waals surface area contributed by atoms with Gasteiger partial charge in [0.25, 0.3) is 0 Å². The fraction of sp³-hybridized carbons (Fsp3) is 0.219. The van der Waals surface area contributed by atoms with Crippen molar-refractivity contribution in [2.24, 2.45) is 0 Å². The molecule has 4 nitrogen and oxygen atoms in total. The van der Waals surface area contributed by atoms with Gasteiger partial charge in [-0.3, -0.25) is 9.69 Å². The Kier molecular flexibility index (Phi) is 8.19. The Hall–Kier alpha value is -3.89. The molecule has 36 heavy (non-hydrogen) atoms. The van der Waals surface area contributed by atoms with Crippen LogP contribution in [0.4, 0.5) is 0 Å². The maximum absolute atomic E-state index is 12.2. The Morgan fingerprint density at radius 3 is 2.19 bits per heavy atom. The molecule has 4 aromatic carbocycles. The average Bonchev–Trinajstić information content (AvgIpc) is 2.91. The summed E-state index contributed by atoms with van der Waals surface area (Å²) in [5, 5.41) is 9.99. The molecule has 184 valence electrons. The summed E-state index contributed by atoms with van der Waals surface area (Å²) in [4.78, 5) is 14.5. The van der Waals surface area contributed by atoms with E-state index in [1.165, 1.54) is 0 Å². The molecule has 0 bridgehead atoms. The summed E-state index contributed by atoms with van der Waals surface area (Å²) >= 11 is 0. The largest absolute Gasteiger partial charge is 0.497 e. The van der Waals surface area contributed by atoms with Gasteiger partial charge >= 0.3 is 5.97 Å². The van der Waals surface area contributed by atoms with Crippen molar-refractivity contribution in [2.45, 2.75) is 38.9 Å². The quantitative estimate of drug-likeness (QED) is 0.257. The van der Waals surface area contributed by atoms with Crippen LogP contribution in [0.3, 0.4) is 0 Å². The van der Waals surface area contributed by atoms with Crippen LogP contribution in [0.1, 0.15) is 47.7 Å². The first-order valence-corrected chi connectivity index (χ1v) is 12.3. The lowest BCUT2D eigenvalue weighted by Gasteiger charge is -2.37. The van der Waals surface area contributed by atoms with Crippen molar-refractivity contribution in [1.82, 2.24) is 4.90 Å². The highest BCUT2D eigenvalue weighted by Crippen LogP contribution is 2.37. The number of ether oxygens (including phenoxy) is 1. The van der Waals surface area contributed by atoms with E-state index in [-0.39, 0.29) is 18.5 Å². The molecule has 0 aliphatic rings. The van der Waals surface area contributed by atoms with Crippen molar-refractivity contribution in [3.63, 3.8) is 0 Å². The van der Waals surface area contributed by atoms with Crippen LogP contribution in [-0.4, -0.2) is 23.1 Å². The van der Waals surface area contributed by atoms with Gasteiger partial charge in [0.1, 0.15) is 5.75 Å². The fourth-order valence-electron chi connectivity index (χ4n) is 4.80. The minimum absolute atomic E-state index is 0.00497. The van der Waals surface area contributed by atoms with Crippen molar-refractivity contribution >= 4 is 5.97 Å². The molecule has 0 heterocycles. The monoisotopic (exact) mass is 479 g/mol. The van der Waals surface area contributed by atoms with Crippen molar-refractivity contribution in [1.29, 1.82) is 0 Å². The number of carbonyl (C=O) groups is 1. The SMILES string of the molecule is COc1cccc(-c2cc(C)cc(C(CC(=O)O)N(Cc3ccccc3)[C@H](C)c3ccccc3)c2)c1. The van der Waals surface area contributed by atoms with Gasteiger partial charge in [-0.15, -0.1) is 0 Å². The first-order valence-electron chi connectivity index (χ1n) is 12.3. The van der Waals surface area contributed by atoms with E-state index < -0.39 is 5.97 Å². The first-order chi connectivity index (χ1) is 17.4. The third-order valence-electron chi connectivity index (χ3n) is 6.64. The number of aliphatic carboxylic acids is 1. The first kappa shape index (κ1) is 25.2. The molecule has 0 radical (unpaired) electrons. The molecular weight excluding hydrogens is 446 g/mol. The van der Waals surface area contributed by atoms with Crippen LogP contribution < -0.4 is 4.74 Å². The zero-order valence-corrected chi connectivity index (χ0v) is 21.1. The van der Waals surface area contributed by atoms with Crippen LogP contribution in [0.25, 0.3) is 11.1 Å². The summed E-state index contributed by atoms with van der Waals surface area (Å²) < 4.78 is 5.44. The predicted molar refractivity (Wildman–Crippen MR) is 145 cm³/mol. The Bertz CT molecular complexity index is 1290. The highest BCUT2D eigenvalue weighted by atomic mass is 16.5. The number of methoxy groups -OCH3 is 1. The molecular formula is C32H33NO3. The normalized spacial score (nSPS) is 12.8. The summed E-state index contributed by atoms with van der Waals surface area (Å²) in [6, 6.07) is 34.6. The molecule has 0 saturated carbocycles. The van der Waals surface area contributed by atoms with Gasteiger partial charge in [0.2, 0.25) is 0 Å². The van der Waals surface area contributed by atoms with E-state index in [0.29, 0.717) is 6.54 Å². The molecule has 0 aliphatic heterocycles. The van der Waals surface area contributed by atoms with E-state index in [9.17, 15) is 9.90 Å². The van der Waals surface area contributed by atoms with Gasteiger partial charge in [-0.25, -0.2) is 0 Å². The highest BCUT2D eigenvalue weighted by Gasteiger charge is 2.29. The number of nitrogens with zero attached hydrogens (tertiary/aromatic N) is 1. The highest BCUT2D eigenvalue weighted by molar-refractivity contribution is 5.70. The lowest BCUT2D eigenvalue weighted by molar-refractivity contribution is -0.138. The Morgan fingerprint density at radius 2 is 1.53 bits per heavy atom. The Labute approximate surface area is 213 Å². The van der Waals surface area contributed by atoms with Crippen LogP contribution in [0.5, 0.6) is 5.75 Å². The topological polar surface area (TPSA) is 49.8 Å². The molecule has 1 N–H and O–H groups in total. The van der Waals surface area contributed by atoms with Crippen LogP contribution in [0.2, 0.25) is 0 Å². The van der Waals surface area contributed by atoms with Crippen LogP contribution in [0.15, 0.2) is 103 Å². The maximum Gasteiger partial charge on any atom is 0.305 e. The number of rotatable bonds is 10. The summed E-state index contributed by atoms with van der Waals surface area (Å²) in [5.74, 6) is -0.0243. The number of hydrogen-bond donors (Lipinski definition) is 1. The molecule has 4 rings (SSSR count). The molecule has 2 atom stereocenters. The van der Waals surface area contributed by atoms with E-state index in [1.807, 2.05) is 54.6 Å². The maximum atomic E-state index is 12.2. The molecule has 0 spiro atoms. The second-order valence-corrected chi connectivity index (χ2v) is 9.22. The number of aryl methyl sites for hydroxylation is 1. The standard InChI is InChI=1S/C32H33NO3/c1-23-17-28(27-15-10-16-30(20-27)36-3)19-29(18-23)31(21-32(34)35)33(22-25-11-6-4-7-12-25)24(2)26-13-8-5-9-14-26/h4-20,24,31H,21-22H2,1-3H3,(H,34,35)/t24-,31?/m1/s1. The van der Waals surface area contributed by atoms with Gasteiger partial charge in [-0.2, -0.15) is 0 Å². The molecule has 0 aliphatic carbocycles. The van der Waals surface area contributed by atoms with E-state index in [4.69, 9.17) is 4.74 Å². The van der Waals surface area contributed by atoms with Crippen molar-refractivity contribution in [3.8, 4) is 16.9 Å². The molecule has 4 aromatic rings. The fourth-order valence-corrected chi connectivity index (χ4v) is 4.80. The smallest absolute Gasteiger partial charge is 0.305 e. The zero-order chi connectivity index (χ0) is 25.5. The third-order valence-corrected chi connectivity index (χ3v) is 6.64. The minimum atomic E-state index is -0.817.